The van der Waals surface area contributed by atoms with Gasteiger partial charge >= 0.3 is 0 Å². The van der Waals surface area contributed by atoms with Crippen LogP contribution in [-0.4, -0.2) is 24.3 Å². The number of ketones is 2. The average Bonchev–Trinajstić information content (AvgIpc) is 3.31. The van der Waals surface area contributed by atoms with Crippen molar-refractivity contribution < 1.29 is 14.3 Å². The third-order valence-electron chi connectivity index (χ3n) is 13.3. The number of hydrogen-bond donors (Lipinski definition) is 0. The summed E-state index contributed by atoms with van der Waals surface area (Å²) in [4.78, 5) is 27.6. The van der Waals surface area contributed by atoms with E-state index in [2.05, 4.69) is 103 Å². The molecule has 0 spiro atoms. The van der Waals surface area contributed by atoms with Crippen LogP contribution in [0.2, 0.25) is 5.02 Å². The van der Waals surface area contributed by atoms with Gasteiger partial charge in [-0.15, -0.1) is 0 Å². The molecule has 5 aromatic rings. The summed E-state index contributed by atoms with van der Waals surface area (Å²) in [5, 5.41) is 5.22. The Kier molecular flexibility index (Phi) is 17.0. The van der Waals surface area contributed by atoms with Crippen LogP contribution in [0.5, 0.6) is 0 Å². The summed E-state index contributed by atoms with van der Waals surface area (Å²) >= 11 is 6.14. The van der Waals surface area contributed by atoms with Crippen molar-refractivity contribution in [1.82, 2.24) is 0 Å². The zero-order valence-corrected chi connectivity index (χ0v) is 37.8. The fourth-order valence-corrected chi connectivity index (χ4v) is 14.5. The molecule has 0 radical (unpaired) electrons. The first kappa shape index (κ1) is 44.7. The predicted molar refractivity (Wildman–Crippen MR) is 259 cm³/mol. The van der Waals surface area contributed by atoms with Crippen molar-refractivity contribution in [2.75, 3.05) is 12.8 Å². The van der Waals surface area contributed by atoms with Crippen LogP contribution in [0.25, 0.3) is 0 Å². The molecule has 0 aromatic heterocycles. The second-order valence-corrected chi connectivity index (χ2v) is 21.4. The zero-order chi connectivity index (χ0) is 42.1. The van der Waals surface area contributed by atoms with Crippen LogP contribution in [0.1, 0.15) is 148 Å². The normalized spacial score (nSPS) is 16.7. The highest BCUT2D eigenvalue weighted by atomic mass is 35.5. The Morgan fingerprint density at radius 3 is 1.31 bits per heavy atom. The first-order valence-electron chi connectivity index (χ1n) is 23.4. The quantitative estimate of drug-likeness (QED) is 0.0486. The van der Waals surface area contributed by atoms with E-state index >= 15 is 0 Å². The molecule has 0 unspecified atom stereocenters. The molecule has 5 heteroatoms. The lowest BCUT2D eigenvalue weighted by Crippen LogP contribution is -2.33. The second kappa shape index (κ2) is 23.2. The van der Waals surface area contributed by atoms with Gasteiger partial charge < -0.3 is 4.74 Å². The summed E-state index contributed by atoms with van der Waals surface area (Å²) in [5.74, 6) is 0.655. The number of allylic oxidation sites excluding steroid dienone is 2. The fraction of sp³-hybridized carbons (Fsp3) is 0.393. The number of halogens is 1. The van der Waals surface area contributed by atoms with Gasteiger partial charge in [0.25, 0.3) is 0 Å². The van der Waals surface area contributed by atoms with Crippen molar-refractivity contribution in [2.45, 2.75) is 121 Å². The average molecular weight is 853 g/mol. The van der Waals surface area contributed by atoms with E-state index in [4.69, 9.17) is 16.3 Å². The Balaban J connectivity index is 0.771. The number of rotatable bonds is 23. The number of unbranched alkanes of at least 4 members (excludes halogenated alkanes) is 13. The van der Waals surface area contributed by atoms with Crippen molar-refractivity contribution in [2.24, 2.45) is 5.92 Å². The molecule has 2 aliphatic rings. The highest BCUT2D eigenvalue weighted by molar-refractivity contribution is 7.95. The van der Waals surface area contributed by atoms with Crippen molar-refractivity contribution in [3.63, 3.8) is 0 Å². The van der Waals surface area contributed by atoms with Gasteiger partial charge in [-0.3, -0.25) is 9.59 Å². The van der Waals surface area contributed by atoms with Gasteiger partial charge in [0, 0.05) is 21.7 Å². The minimum Gasteiger partial charge on any atom is -0.489 e. The molecule has 1 saturated carbocycles. The number of ether oxygens (including phenoxy) is 1. The standard InChI is InChI=1S/C56H65ClO3P/c57-47-40-38-45(39-41-47)44-34-36-46(37-35-44)53-54(58)51-32-22-23-33-52(51)55(59)56(53)60-42-24-11-9-7-5-3-1-2-4-6-8-10-12-25-43-61(48-26-16-13-17-27-48,49-28-18-14-19-29-49)50-30-20-15-21-31-50/h13-23,26-33,38-41,44,46H,1-12,24-25,34-37,42-43H2/q+1. The van der Waals surface area contributed by atoms with Crippen LogP contribution < -0.4 is 15.9 Å². The van der Waals surface area contributed by atoms with Crippen molar-refractivity contribution in [1.29, 1.82) is 0 Å². The van der Waals surface area contributed by atoms with Gasteiger partial charge in [-0.05, 0) is 111 Å². The van der Waals surface area contributed by atoms with Gasteiger partial charge in [-0.25, -0.2) is 0 Å². The summed E-state index contributed by atoms with van der Waals surface area (Å²) in [5.41, 5.74) is 2.92. The molecule has 1 fully saturated rings. The summed E-state index contributed by atoms with van der Waals surface area (Å²) in [6, 6.07) is 49.3. The number of hydrogen-bond acceptors (Lipinski definition) is 3. The lowest BCUT2D eigenvalue weighted by Gasteiger charge is -2.32. The van der Waals surface area contributed by atoms with Gasteiger partial charge in [0.05, 0.1) is 12.8 Å². The lowest BCUT2D eigenvalue weighted by molar-refractivity contribution is 0.0851. The topological polar surface area (TPSA) is 43.4 Å². The monoisotopic (exact) mass is 851 g/mol. The van der Waals surface area contributed by atoms with E-state index in [-0.39, 0.29) is 17.5 Å². The number of Topliss-reactive ketones (excluding diaryl/α,β-unsaturated/α-hetero) is 2. The molecule has 61 heavy (non-hydrogen) atoms. The van der Waals surface area contributed by atoms with Gasteiger partial charge in [0.15, 0.2) is 11.5 Å². The second-order valence-electron chi connectivity index (χ2n) is 17.4. The molecule has 0 N–H and O–H groups in total. The van der Waals surface area contributed by atoms with Crippen molar-refractivity contribution in [3.05, 3.63) is 173 Å². The number of carbonyl (C=O) groups is 2. The molecule has 0 amide bonds. The molecule has 0 aliphatic heterocycles. The molecule has 5 aromatic carbocycles. The van der Waals surface area contributed by atoms with E-state index in [9.17, 15) is 9.59 Å². The van der Waals surface area contributed by atoms with Gasteiger partial charge in [0.2, 0.25) is 5.78 Å². The van der Waals surface area contributed by atoms with E-state index in [0.717, 1.165) is 43.5 Å². The number of fused-ring (bicyclic) bond motifs is 1. The van der Waals surface area contributed by atoms with E-state index in [1.54, 1.807) is 12.1 Å². The van der Waals surface area contributed by atoms with Crippen LogP contribution in [0.3, 0.4) is 0 Å². The fourth-order valence-electron chi connectivity index (χ4n) is 9.96. The van der Waals surface area contributed by atoms with Crippen molar-refractivity contribution >= 4 is 46.3 Å². The first-order chi connectivity index (χ1) is 30.1. The van der Waals surface area contributed by atoms with Crippen LogP contribution in [0.15, 0.2) is 151 Å². The van der Waals surface area contributed by atoms with Crippen LogP contribution in [-0.2, 0) is 4.74 Å². The van der Waals surface area contributed by atoms with E-state index in [0.29, 0.717) is 35.0 Å². The lowest BCUT2D eigenvalue weighted by atomic mass is 9.72. The molecule has 7 rings (SSSR count). The van der Waals surface area contributed by atoms with Crippen LogP contribution in [0, 0.1) is 5.92 Å². The smallest absolute Gasteiger partial charge is 0.228 e. The Morgan fingerprint density at radius 1 is 0.443 bits per heavy atom. The van der Waals surface area contributed by atoms with Gasteiger partial charge in [0.1, 0.15) is 23.2 Å². The SMILES string of the molecule is O=C1C(OCCCCCCCCCCCCCCCC[P+](c2ccccc2)(c2ccccc2)c2ccccc2)=C(C2CCC(c3ccc(Cl)cc3)CC2)C(=O)c2ccccc21. The Hall–Kier alpha value is -4.30. The highest BCUT2D eigenvalue weighted by Gasteiger charge is 2.44. The Labute approximate surface area is 371 Å². The zero-order valence-electron chi connectivity index (χ0n) is 36.1. The maximum atomic E-state index is 13.9. The minimum absolute atomic E-state index is 0.0231. The largest absolute Gasteiger partial charge is 0.489 e. The number of carbonyl (C=O) groups excluding carboxylic acids is 2. The van der Waals surface area contributed by atoms with E-state index < -0.39 is 7.26 Å². The molecule has 318 valence electrons. The maximum Gasteiger partial charge on any atom is 0.228 e. The Bertz CT molecular complexity index is 2040. The molecular weight excluding hydrogens is 787 g/mol. The highest BCUT2D eigenvalue weighted by Crippen LogP contribution is 2.56. The summed E-state index contributed by atoms with van der Waals surface area (Å²) in [6.07, 6.45) is 22.5. The summed E-state index contributed by atoms with van der Waals surface area (Å²) < 4.78 is 6.29. The van der Waals surface area contributed by atoms with Crippen LogP contribution >= 0.6 is 18.9 Å². The van der Waals surface area contributed by atoms with E-state index in [1.807, 2.05) is 24.3 Å². The minimum atomic E-state index is -1.71. The summed E-state index contributed by atoms with van der Waals surface area (Å²) in [6.45, 7) is 0.482. The van der Waals surface area contributed by atoms with Gasteiger partial charge in [-0.1, -0.05) is 173 Å². The summed E-state index contributed by atoms with van der Waals surface area (Å²) in [7, 11) is -1.71. The molecule has 0 bridgehead atoms. The molecule has 0 heterocycles. The van der Waals surface area contributed by atoms with E-state index in [1.165, 1.54) is 105 Å². The van der Waals surface area contributed by atoms with Gasteiger partial charge in [-0.2, -0.15) is 0 Å². The molecule has 3 nitrogen and oxygen atoms in total. The first-order valence-corrected chi connectivity index (χ1v) is 25.8. The molecule has 0 atom stereocenters. The third kappa shape index (κ3) is 11.6. The van der Waals surface area contributed by atoms with Crippen molar-refractivity contribution in [3.8, 4) is 0 Å². The molecule has 0 saturated heterocycles. The predicted octanol–water partition coefficient (Wildman–Crippen LogP) is 14.4. The third-order valence-corrected chi connectivity index (χ3v) is 18.1. The molecule has 2 aliphatic carbocycles. The maximum absolute atomic E-state index is 13.9. The number of benzene rings is 5. The molecular formula is C56H65ClO3P+. The van der Waals surface area contributed by atoms with Crippen LogP contribution in [0.4, 0.5) is 0 Å². The Morgan fingerprint density at radius 2 is 0.836 bits per heavy atom.